The zero-order valence-corrected chi connectivity index (χ0v) is 21.5. The summed E-state index contributed by atoms with van der Waals surface area (Å²) in [7, 11) is 0. The maximum Gasteiger partial charge on any atom is 0.276 e. The van der Waals surface area contributed by atoms with Gasteiger partial charge in [0.1, 0.15) is 11.4 Å². The fourth-order valence-electron chi connectivity index (χ4n) is 4.72. The lowest BCUT2D eigenvalue weighted by Crippen LogP contribution is -2.39. The molecule has 1 saturated carbocycles. The van der Waals surface area contributed by atoms with Gasteiger partial charge in [0, 0.05) is 44.4 Å². The Hall–Kier alpha value is -2.22. The van der Waals surface area contributed by atoms with Gasteiger partial charge in [0.15, 0.2) is 16.7 Å². The van der Waals surface area contributed by atoms with E-state index in [1.807, 2.05) is 6.07 Å². The molecule has 1 aliphatic carbocycles. The van der Waals surface area contributed by atoms with E-state index in [0.29, 0.717) is 22.1 Å². The molecule has 3 aliphatic rings. The van der Waals surface area contributed by atoms with Crippen LogP contribution in [0.15, 0.2) is 17.6 Å². The second kappa shape index (κ2) is 10.3. The Morgan fingerprint density at radius 3 is 2.50 bits per heavy atom. The van der Waals surface area contributed by atoms with Gasteiger partial charge in [-0.05, 0) is 37.2 Å². The molecule has 2 saturated heterocycles. The summed E-state index contributed by atoms with van der Waals surface area (Å²) in [6.07, 6.45) is 5.76. The van der Waals surface area contributed by atoms with Crippen molar-refractivity contribution in [1.29, 1.82) is 0 Å². The molecule has 9 nitrogen and oxygen atoms in total. The van der Waals surface area contributed by atoms with Gasteiger partial charge in [-0.1, -0.05) is 0 Å². The number of aliphatic hydroxyl groups is 1. The van der Waals surface area contributed by atoms with Gasteiger partial charge >= 0.3 is 0 Å². The van der Waals surface area contributed by atoms with Crippen LogP contribution in [0.5, 0.6) is 0 Å². The van der Waals surface area contributed by atoms with Crippen LogP contribution < -0.4 is 19.8 Å². The Morgan fingerprint density at radius 2 is 1.83 bits per heavy atom. The first kappa shape index (κ1) is 25.4. The molecule has 13 heteroatoms. The third kappa shape index (κ3) is 5.84. The van der Waals surface area contributed by atoms with E-state index in [1.54, 1.807) is 10.3 Å². The van der Waals surface area contributed by atoms with Crippen molar-refractivity contribution in [1.82, 2.24) is 9.97 Å². The molecule has 3 fully saturated rings. The Bertz CT molecular complexity index is 1080. The molecule has 3 N–H and O–H groups in total. The number of aromatic nitrogens is 2. The summed E-state index contributed by atoms with van der Waals surface area (Å²) in [4.78, 5) is 25.9. The number of rotatable bonds is 8. The van der Waals surface area contributed by atoms with Crippen LogP contribution in [0.25, 0.3) is 0 Å². The largest absolute Gasteiger partial charge is 0.593 e. The zero-order chi connectivity index (χ0) is 25.3. The van der Waals surface area contributed by atoms with Crippen LogP contribution in [0.3, 0.4) is 0 Å². The van der Waals surface area contributed by atoms with Gasteiger partial charge < -0.3 is 24.8 Å². The summed E-state index contributed by atoms with van der Waals surface area (Å²) < 4.78 is 41.9. The number of halogens is 2. The summed E-state index contributed by atoms with van der Waals surface area (Å²) in [6.45, 7) is 1.89. The van der Waals surface area contributed by atoms with Gasteiger partial charge in [0.2, 0.25) is 0 Å². The average molecular weight is 541 g/mol. The van der Waals surface area contributed by atoms with Crippen LogP contribution in [-0.4, -0.2) is 70.0 Å². The van der Waals surface area contributed by atoms with Crippen molar-refractivity contribution < 1.29 is 23.2 Å². The predicted molar refractivity (Wildman–Crippen MR) is 138 cm³/mol. The molecular formula is C23H30F2N6O3S2. The van der Waals surface area contributed by atoms with E-state index in [2.05, 4.69) is 24.9 Å². The molecule has 1 unspecified atom stereocenters. The number of aliphatic hydroxyl groups excluding tert-OH is 1. The Morgan fingerprint density at radius 1 is 1.14 bits per heavy atom. The first-order valence-corrected chi connectivity index (χ1v) is 14.4. The number of nitrogens with one attached hydrogen (secondary N) is 2. The van der Waals surface area contributed by atoms with Crippen LogP contribution >= 0.6 is 11.3 Å². The second-order valence-electron chi connectivity index (χ2n) is 9.77. The number of nitrogens with zero attached hydrogens (tertiary/aromatic N) is 4. The quantitative estimate of drug-likeness (QED) is 0.436. The van der Waals surface area contributed by atoms with Crippen LogP contribution in [0, 0.1) is 5.41 Å². The minimum atomic E-state index is -2.64. The molecule has 2 aromatic rings. The Labute approximate surface area is 215 Å². The van der Waals surface area contributed by atoms with Crippen LogP contribution in [0.2, 0.25) is 0 Å². The molecule has 1 spiro atoms. The highest BCUT2D eigenvalue weighted by Gasteiger charge is 2.44. The molecular weight excluding hydrogens is 510 g/mol. The summed E-state index contributed by atoms with van der Waals surface area (Å²) in [6, 6.07) is 1.82. The lowest BCUT2D eigenvalue weighted by atomic mass is 9.93. The molecule has 2 aliphatic heterocycles. The van der Waals surface area contributed by atoms with Gasteiger partial charge in [-0.25, -0.2) is 23.5 Å². The van der Waals surface area contributed by atoms with E-state index < -0.39 is 23.2 Å². The third-order valence-corrected chi connectivity index (χ3v) is 9.14. The lowest BCUT2D eigenvalue weighted by Gasteiger charge is -2.34. The number of pyridine rings is 1. The van der Waals surface area contributed by atoms with Crippen molar-refractivity contribution in [2.75, 3.05) is 58.4 Å². The van der Waals surface area contributed by atoms with Crippen LogP contribution in [0.1, 0.15) is 49.0 Å². The highest BCUT2D eigenvalue weighted by atomic mass is 32.2. The van der Waals surface area contributed by atoms with E-state index in [4.69, 9.17) is 5.11 Å². The highest BCUT2D eigenvalue weighted by Crippen LogP contribution is 2.54. The first-order valence-electron chi connectivity index (χ1n) is 12.2. The summed E-state index contributed by atoms with van der Waals surface area (Å²) in [5.41, 5.74) is 1.96. The SMILES string of the molecule is O=C(Nc1ncc(N[S+]([O-])CCO)cc1N1CCC2(CC1)CC2)c1csc(N2CCC(F)(F)CC2)n1. The van der Waals surface area contributed by atoms with E-state index in [0.717, 1.165) is 31.6 Å². The number of carbonyl (C=O) groups excluding carboxylic acids is 1. The highest BCUT2D eigenvalue weighted by molar-refractivity contribution is 7.92. The van der Waals surface area contributed by atoms with Crippen molar-refractivity contribution >= 4 is 50.9 Å². The predicted octanol–water partition coefficient (Wildman–Crippen LogP) is 3.47. The average Bonchev–Trinajstić information content (AvgIpc) is 3.41. The molecule has 36 heavy (non-hydrogen) atoms. The van der Waals surface area contributed by atoms with Gasteiger partial charge in [-0.15, -0.1) is 11.3 Å². The van der Waals surface area contributed by atoms with E-state index in [-0.39, 0.29) is 44.0 Å². The van der Waals surface area contributed by atoms with Crippen molar-refractivity contribution in [3.63, 3.8) is 0 Å². The van der Waals surface area contributed by atoms with Gasteiger partial charge in [-0.2, -0.15) is 0 Å². The standard InChI is InChI=1S/C23H30F2N6O3S2/c24-23(25)5-9-31(10-6-23)21-27-17(15-35-21)20(33)28-19-18(30-7-3-22(1-2-22)4-8-30)13-16(14-26-19)29-36(34)12-11-32/h13-15,29,32H,1-12H2,(H,26,28,33). The fourth-order valence-corrected chi connectivity index (χ4v) is 6.22. The molecule has 0 bridgehead atoms. The second-order valence-corrected chi connectivity index (χ2v) is 11.9. The minimum Gasteiger partial charge on any atom is -0.593 e. The van der Waals surface area contributed by atoms with Crippen molar-refractivity contribution in [3.05, 3.63) is 23.3 Å². The summed E-state index contributed by atoms with van der Waals surface area (Å²) >= 11 is -0.183. The Balaban J connectivity index is 1.31. The first-order chi connectivity index (χ1) is 17.3. The molecule has 0 radical (unpaired) electrons. The molecule has 0 aromatic carbocycles. The van der Waals surface area contributed by atoms with E-state index in [1.165, 1.54) is 30.4 Å². The topological polar surface area (TPSA) is 117 Å². The van der Waals surface area contributed by atoms with Gasteiger partial charge in [-0.3, -0.25) is 4.79 Å². The summed E-state index contributed by atoms with van der Waals surface area (Å²) in [5, 5.41) is 14.1. The van der Waals surface area contributed by atoms with Gasteiger partial charge in [0.25, 0.3) is 11.8 Å². The molecule has 4 heterocycles. The van der Waals surface area contributed by atoms with Crippen LogP contribution in [0.4, 0.5) is 31.1 Å². The van der Waals surface area contributed by atoms with Crippen molar-refractivity contribution in [3.8, 4) is 0 Å². The zero-order valence-electron chi connectivity index (χ0n) is 19.8. The number of alkyl halides is 2. The summed E-state index contributed by atoms with van der Waals surface area (Å²) in [5.74, 6) is -2.58. The normalized spacial score (nSPS) is 21.3. The number of thiazole rings is 1. The fraction of sp³-hybridized carbons (Fsp3) is 0.609. The number of hydrogen-bond donors (Lipinski definition) is 3. The maximum atomic E-state index is 13.5. The number of carbonyl (C=O) groups is 1. The maximum absolute atomic E-state index is 13.5. The van der Waals surface area contributed by atoms with E-state index in [9.17, 15) is 18.1 Å². The number of hydrogen-bond acceptors (Lipinski definition) is 9. The van der Waals surface area contributed by atoms with E-state index >= 15 is 0 Å². The number of piperidine rings is 2. The van der Waals surface area contributed by atoms with Crippen molar-refractivity contribution in [2.45, 2.75) is 44.4 Å². The molecule has 2 aromatic heterocycles. The molecule has 1 atom stereocenters. The molecule has 5 rings (SSSR count). The van der Waals surface area contributed by atoms with Crippen LogP contribution in [-0.2, 0) is 11.4 Å². The van der Waals surface area contributed by atoms with Gasteiger partial charge in [0.05, 0.1) is 29.9 Å². The molecule has 196 valence electrons. The lowest BCUT2D eigenvalue weighted by molar-refractivity contribution is -0.0220. The Kier molecular flexibility index (Phi) is 7.25. The monoisotopic (exact) mass is 540 g/mol. The third-order valence-electron chi connectivity index (χ3n) is 7.22. The minimum absolute atomic E-state index is 0.0981. The number of anilines is 4. The molecule has 1 amide bonds. The smallest absolute Gasteiger partial charge is 0.276 e. The number of amides is 1. The van der Waals surface area contributed by atoms with Crippen molar-refractivity contribution in [2.24, 2.45) is 5.41 Å².